The number of hydrogen-bond donors (Lipinski definition) is 0. The Bertz CT molecular complexity index is 620. The van der Waals surface area contributed by atoms with E-state index in [9.17, 15) is 0 Å². The molecular weight excluding hydrogens is 276 g/mol. The molecule has 1 aliphatic rings. The molecule has 1 aromatic carbocycles. The maximum absolute atomic E-state index is 4.35. The van der Waals surface area contributed by atoms with Crippen molar-refractivity contribution in [1.29, 1.82) is 0 Å². The zero-order chi connectivity index (χ0) is 16.5. The zero-order valence-corrected chi connectivity index (χ0v) is 14.8. The summed E-state index contributed by atoms with van der Waals surface area (Å²) in [5.41, 5.74) is 1.27. The summed E-state index contributed by atoms with van der Waals surface area (Å²) in [6.45, 7) is 10.6. The van der Waals surface area contributed by atoms with Crippen molar-refractivity contribution in [2.45, 2.75) is 58.3 Å². The Morgan fingerprint density at radius 3 is 2.52 bits per heavy atom. The number of hydrogen-bond acceptors (Lipinski definition) is 0. The highest BCUT2D eigenvalue weighted by atomic mass is 14.2. The fraction of sp³-hybridized carbons (Fsp3) is 0.478. The quantitative estimate of drug-likeness (QED) is 0.701. The van der Waals surface area contributed by atoms with E-state index < -0.39 is 0 Å². The fourth-order valence-electron chi connectivity index (χ4n) is 3.84. The van der Waals surface area contributed by atoms with Crippen molar-refractivity contribution in [1.82, 2.24) is 0 Å². The molecule has 1 aromatic rings. The Labute approximate surface area is 142 Å². The molecule has 0 saturated heterocycles. The molecule has 2 unspecified atom stereocenters. The summed E-state index contributed by atoms with van der Waals surface area (Å²) < 4.78 is 0. The average Bonchev–Trinajstić information content (AvgIpc) is 2.61. The summed E-state index contributed by atoms with van der Waals surface area (Å²) in [5, 5.41) is 2.49. The van der Waals surface area contributed by atoms with Crippen molar-refractivity contribution in [3.63, 3.8) is 0 Å². The first-order valence-electron chi connectivity index (χ1n) is 9.26. The Hall–Kier alpha value is -1.56. The minimum atomic E-state index is 0.808. The molecule has 23 heavy (non-hydrogen) atoms. The largest absolute Gasteiger partial charge is 0.0990 e. The average molecular weight is 309 g/mol. The molecule has 0 aromatic heterocycles. The van der Waals surface area contributed by atoms with Crippen LogP contribution in [-0.4, -0.2) is 0 Å². The molecule has 2 rings (SSSR count). The van der Waals surface area contributed by atoms with Crippen LogP contribution in [0.2, 0.25) is 0 Å². The fourth-order valence-corrected chi connectivity index (χ4v) is 3.84. The van der Waals surface area contributed by atoms with E-state index in [4.69, 9.17) is 0 Å². The lowest BCUT2D eigenvalue weighted by Crippen LogP contribution is -2.23. The summed E-state index contributed by atoms with van der Waals surface area (Å²) in [5.74, 6) is 1.68. The van der Waals surface area contributed by atoms with Gasteiger partial charge < -0.3 is 0 Å². The van der Waals surface area contributed by atoms with Crippen LogP contribution in [0.25, 0.3) is 12.2 Å². The molecule has 124 valence electrons. The van der Waals surface area contributed by atoms with Crippen molar-refractivity contribution >= 4 is 12.2 Å². The third-order valence-corrected chi connectivity index (χ3v) is 5.00. The number of rotatable bonds is 4. The summed E-state index contributed by atoms with van der Waals surface area (Å²) in [6.07, 6.45) is 17.1. The third-order valence-electron chi connectivity index (χ3n) is 5.00. The van der Waals surface area contributed by atoms with Crippen molar-refractivity contribution in [3.8, 4) is 0 Å². The van der Waals surface area contributed by atoms with Crippen LogP contribution < -0.4 is 10.4 Å². The molecule has 0 nitrogen and oxygen atoms in total. The summed E-state index contributed by atoms with van der Waals surface area (Å²) in [4.78, 5) is 0. The van der Waals surface area contributed by atoms with Crippen molar-refractivity contribution < 1.29 is 0 Å². The molecule has 1 aliphatic carbocycles. The molecule has 0 heterocycles. The minimum absolute atomic E-state index is 0.808. The van der Waals surface area contributed by atoms with Gasteiger partial charge in [0.1, 0.15) is 0 Å². The lowest BCUT2D eigenvalue weighted by Gasteiger charge is -2.20. The molecule has 2 atom stereocenters. The van der Waals surface area contributed by atoms with E-state index in [0.717, 1.165) is 18.3 Å². The Kier molecular flexibility index (Phi) is 7.39. The van der Waals surface area contributed by atoms with Crippen LogP contribution in [0.5, 0.6) is 0 Å². The van der Waals surface area contributed by atoms with Gasteiger partial charge in [-0.05, 0) is 35.1 Å². The first-order chi connectivity index (χ1) is 11.2. The Morgan fingerprint density at radius 2 is 1.78 bits per heavy atom. The van der Waals surface area contributed by atoms with Gasteiger partial charge in [-0.15, -0.1) is 0 Å². The number of benzene rings is 1. The molecule has 0 amide bonds. The second-order valence-corrected chi connectivity index (χ2v) is 7.24. The lowest BCUT2D eigenvalue weighted by atomic mass is 9.86. The second-order valence-electron chi connectivity index (χ2n) is 7.24. The summed E-state index contributed by atoms with van der Waals surface area (Å²) in [7, 11) is 0. The first kappa shape index (κ1) is 17.8. The molecule has 0 radical (unpaired) electrons. The predicted octanol–water partition coefficient (Wildman–Crippen LogP) is 5.38. The highest BCUT2D eigenvalue weighted by Crippen LogP contribution is 2.29. The smallest absolute Gasteiger partial charge is 0.0182 e. The topological polar surface area (TPSA) is 0 Å². The van der Waals surface area contributed by atoms with E-state index in [1.807, 2.05) is 6.08 Å². The van der Waals surface area contributed by atoms with Crippen LogP contribution in [0.15, 0.2) is 49.1 Å². The van der Waals surface area contributed by atoms with Crippen molar-refractivity contribution in [2.24, 2.45) is 11.8 Å². The van der Waals surface area contributed by atoms with E-state index in [-0.39, 0.29) is 0 Å². The Balaban J connectivity index is 2.10. The SMILES string of the molecule is C=C/C=c1/cccc/c1=C\C(=C)CC1CCCCCCC(C)C1. The molecule has 0 bridgehead atoms. The lowest BCUT2D eigenvalue weighted by molar-refractivity contribution is 0.359. The molecule has 0 aliphatic heterocycles. The monoisotopic (exact) mass is 308 g/mol. The van der Waals surface area contributed by atoms with Gasteiger partial charge in [-0.2, -0.15) is 0 Å². The summed E-state index contributed by atoms with van der Waals surface area (Å²) in [6, 6.07) is 8.49. The molecule has 0 N–H and O–H groups in total. The normalized spacial score (nSPS) is 24.6. The van der Waals surface area contributed by atoms with Gasteiger partial charge in [-0.25, -0.2) is 0 Å². The van der Waals surface area contributed by atoms with Gasteiger partial charge in [0.15, 0.2) is 0 Å². The molecule has 1 saturated carbocycles. The van der Waals surface area contributed by atoms with Gasteiger partial charge >= 0.3 is 0 Å². The van der Waals surface area contributed by atoms with Gasteiger partial charge in [-0.1, -0.05) is 107 Å². The maximum Gasteiger partial charge on any atom is -0.0182 e. The number of allylic oxidation sites excluding steroid dienone is 2. The first-order valence-corrected chi connectivity index (χ1v) is 9.26. The van der Waals surface area contributed by atoms with E-state index >= 15 is 0 Å². The maximum atomic E-state index is 4.35. The molecule has 0 spiro atoms. The highest BCUT2D eigenvalue weighted by molar-refractivity contribution is 5.47. The van der Waals surface area contributed by atoms with Gasteiger partial charge in [0, 0.05) is 0 Å². The van der Waals surface area contributed by atoms with Crippen LogP contribution in [0.1, 0.15) is 58.3 Å². The Morgan fingerprint density at radius 1 is 1.09 bits per heavy atom. The van der Waals surface area contributed by atoms with Gasteiger partial charge in [0.05, 0.1) is 0 Å². The van der Waals surface area contributed by atoms with Gasteiger partial charge in [0.25, 0.3) is 0 Å². The van der Waals surface area contributed by atoms with Gasteiger partial charge in [0.2, 0.25) is 0 Å². The highest BCUT2D eigenvalue weighted by Gasteiger charge is 2.15. The van der Waals surface area contributed by atoms with Crippen LogP contribution in [-0.2, 0) is 0 Å². The van der Waals surface area contributed by atoms with Crippen LogP contribution in [0, 0.1) is 11.8 Å². The van der Waals surface area contributed by atoms with E-state index in [1.54, 1.807) is 0 Å². The van der Waals surface area contributed by atoms with E-state index in [0.29, 0.717) is 0 Å². The van der Waals surface area contributed by atoms with Gasteiger partial charge in [-0.3, -0.25) is 0 Å². The second kappa shape index (κ2) is 9.55. The molecular formula is C23H32. The van der Waals surface area contributed by atoms with Crippen LogP contribution in [0.4, 0.5) is 0 Å². The minimum Gasteiger partial charge on any atom is -0.0990 e. The molecule has 0 heteroatoms. The third kappa shape index (κ3) is 6.22. The standard InChI is InChI=1S/C23H32/c1-4-11-22-14-9-10-15-23(22)18-20(3)17-21-13-8-6-5-7-12-19(2)16-21/h4,9-11,14-15,18-19,21H,1,3,5-8,12-13,16-17H2,2H3/b22-11-,23-18+. The zero-order valence-electron chi connectivity index (χ0n) is 14.8. The van der Waals surface area contributed by atoms with Crippen LogP contribution >= 0.6 is 0 Å². The van der Waals surface area contributed by atoms with E-state index in [1.165, 1.54) is 61.0 Å². The van der Waals surface area contributed by atoms with E-state index in [2.05, 4.69) is 56.5 Å². The predicted molar refractivity (Wildman–Crippen MR) is 104 cm³/mol. The van der Waals surface area contributed by atoms with Crippen molar-refractivity contribution in [2.75, 3.05) is 0 Å². The van der Waals surface area contributed by atoms with Crippen LogP contribution in [0.3, 0.4) is 0 Å². The van der Waals surface area contributed by atoms with Crippen molar-refractivity contribution in [3.05, 3.63) is 59.5 Å². The molecule has 1 fully saturated rings. The summed E-state index contributed by atoms with van der Waals surface area (Å²) >= 11 is 0.